The Morgan fingerprint density at radius 2 is 1.63 bits per heavy atom. The maximum Gasteiger partial charge on any atom is 0.330 e. The van der Waals surface area contributed by atoms with Crippen molar-refractivity contribution in [2.24, 2.45) is 5.41 Å². The van der Waals surface area contributed by atoms with E-state index in [0.29, 0.717) is 22.0 Å². The predicted molar refractivity (Wildman–Crippen MR) is 104 cm³/mol. The SMILES string of the molecule is CC(C)(C)C(=O)NCC(=O)Oc1ccc(NC(=O)c2ccccc2Cl)cc1. The topological polar surface area (TPSA) is 84.5 Å². The highest BCUT2D eigenvalue weighted by atomic mass is 35.5. The molecule has 0 saturated carbocycles. The van der Waals surface area contributed by atoms with Gasteiger partial charge in [0.25, 0.3) is 5.91 Å². The van der Waals surface area contributed by atoms with Crippen molar-refractivity contribution in [3.8, 4) is 5.75 Å². The zero-order valence-electron chi connectivity index (χ0n) is 15.3. The highest BCUT2D eigenvalue weighted by molar-refractivity contribution is 6.34. The van der Waals surface area contributed by atoms with Gasteiger partial charge >= 0.3 is 5.97 Å². The van der Waals surface area contributed by atoms with Gasteiger partial charge in [0.1, 0.15) is 12.3 Å². The second-order valence-electron chi connectivity index (χ2n) is 6.87. The third kappa shape index (κ3) is 6.11. The minimum atomic E-state index is -0.583. The molecule has 0 aliphatic rings. The average molecular weight is 389 g/mol. The molecule has 0 aliphatic heterocycles. The highest BCUT2D eigenvalue weighted by Crippen LogP contribution is 2.19. The summed E-state index contributed by atoms with van der Waals surface area (Å²) in [7, 11) is 0. The van der Waals surface area contributed by atoms with Gasteiger partial charge in [0.05, 0.1) is 10.6 Å². The van der Waals surface area contributed by atoms with Crippen LogP contribution in [-0.2, 0) is 9.59 Å². The monoisotopic (exact) mass is 388 g/mol. The number of halogens is 1. The first-order valence-electron chi connectivity index (χ1n) is 8.32. The molecule has 2 rings (SSSR count). The van der Waals surface area contributed by atoms with E-state index in [1.54, 1.807) is 69.3 Å². The Bertz CT molecular complexity index is 842. The van der Waals surface area contributed by atoms with E-state index in [9.17, 15) is 14.4 Å². The summed E-state index contributed by atoms with van der Waals surface area (Å²) >= 11 is 6.00. The second-order valence-corrected chi connectivity index (χ2v) is 7.27. The maximum atomic E-state index is 12.2. The number of benzene rings is 2. The van der Waals surface area contributed by atoms with E-state index < -0.39 is 11.4 Å². The van der Waals surface area contributed by atoms with Gasteiger partial charge in [0, 0.05) is 11.1 Å². The van der Waals surface area contributed by atoms with E-state index in [0.717, 1.165) is 0 Å². The minimum absolute atomic E-state index is 0.221. The molecule has 0 aliphatic carbocycles. The summed E-state index contributed by atoms with van der Waals surface area (Å²) in [5.74, 6) is -0.853. The lowest BCUT2D eigenvalue weighted by Gasteiger charge is -2.17. The molecule has 0 unspecified atom stereocenters. The quantitative estimate of drug-likeness (QED) is 0.604. The van der Waals surface area contributed by atoms with Crippen molar-refractivity contribution in [3.05, 3.63) is 59.1 Å². The van der Waals surface area contributed by atoms with Gasteiger partial charge in [0.2, 0.25) is 5.91 Å². The first-order chi connectivity index (χ1) is 12.7. The van der Waals surface area contributed by atoms with Crippen molar-refractivity contribution in [2.75, 3.05) is 11.9 Å². The zero-order valence-corrected chi connectivity index (χ0v) is 16.1. The van der Waals surface area contributed by atoms with Crippen LogP contribution in [0.15, 0.2) is 48.5 Å². The second kappa shape index (κ2) is 8.68. The summed E-state index contributed by atoms with van der Waals surface area (Å²) in [6.07, 6.45) is 0. The molecule has 0 aromatic heterocycles. The number of anilines is 1. The normalized spacial score (nSPS) is 10.8. The van der Waals surface area contributed by atoms with E-state index in [2.05, 4.69) is 10.6 Å². The molecule has 0 bridgehead atoms. The fourth-order valence-corrected chi connectivity index (χ4v) is 2.26. The number of rotatable bonds is 5. The van der Waals surface area contributed by atoms with Crippen molar-refractivity contribution in [3.63, 3.8) is 0 Å². The Balaban J connectivity index is 1.90. The lowest BCUT2D eigenvalue weighted by Crippen LogP contribution is -2.39. The Kier molecular flexibility index (Phi) is 6.58. The molecular formula is C20H21ClN2O4. The predicted octanol–water partition coefficient (Wildman–Crippen LogP) is 3.66. The fraction of sp³-hybridized carbons (Fsp3) is 0.250. The van der Waals surface area contributed by atoms with Crippen LogP contribution in [0, 0.1) is 5.41 Å². The largest absolute Gasteiger partial charge is 0.425 e. The van der Waals surface area contributed by atoms with Crippen LogP contribution in [0.4, 0.5) is 5.69 Å². The van der Waals surface area contributed by atoms with Gasteiger partial charge in [-0.15, -0.1) is 0 Å². The number of hydrogen-bond donors (Lipinski definition) is 2. The number of nitrogens with one attached hydrogen (secondary N) is 2. The van der Waals surface area contributed by atoms with Gasteiger partial charge in [-0.25, -0.2) is 4.79 Å². The molecule has 6 nitrogen and oxygen atoms in total. The van der Waals surface area contributed by atoms with Crippen LogP contribution in [0.25, 0.3) is 0 Å². The Morgan fingerprint density at radius 1 is 1.00 bits per heavy atom. The van der Waals surface area contributed by atoms with E-state index >= 15 is 0 Å². The van der Waals surface area contributed by atoms with Crippen LogP contribution in [0.5, 0.6) is 5.75 Å². The first kappa shape index (κ1) is 20.5. The van der Waals surface area contributed by atoms with Crippen molar-refractivity contribution in [2.45, 2.75) is 20.8 Å². The van der Waals surface area contributed by atoms with Crippen LogP contribution >= 0.6 is 11.6 Å². The molecule has 2 N–H and O–H groups in total. The molecule has 0 saturated heterocycles. The Labute approximate surface area is 162 Å². The summed E-state index contributed by atoms with van der Waals surface area (Å²) in [5.41, 5.74) is 0.312. The summed E-state index contributed by atoms with van der Waals surface area (Å²) in [4.78, 5) is 35.8. The lowest BCUT2D eigenvalue weighted by molar-refractivity contribution is -0.137. The smallest absolute Gasteiger partial charge is 0.330 e. The molecule has 27 heavy (non-hydrogen) atoms. The van der Waals surface area contributed by atoms with Crippen LogP contribution in [-0.4, -0.2) is 24.3 Å². The van der Waals surface area contributed by atoms with Crippen molar-refractivity contribution in [1.82, 2.24) is 5.32 Å². The molecule has 2 aromatic carbocycles. The fourth-order valence-electron chi connectivity index (χ4n) is 2.04. The molecule has 0 fully saturated rings. The summed E-state index contributed by atoms with van der Waals surface area (Å²) in [6.45, 7) is 5.04. The van der Waals surface area contributed by atoms with Crippen molar-refractivity contribution < 1.29 is 19.1 Å². The van der Waals surface area contributed by atoms with Crippen LogP contribution in [0.1, 0.15) is 31.1 Å². The minimum Gasteiger partial charge on any atom is -0.425 e. The van der Waals surface area contributed by atoms with Crippen LogP contribution in [0.3, 0.4) is 0 Å². The summed E-state index contributed by atoms with van der Waals surface area (Å²) in [6, 6.07) is 13.0. The molecule has 0 heterocycles. The number of carbonyl (C=O) groups is 3. The van der Waals surface area contributed by atoms with Gasteiger partial charge in [-0.3, -0.25) is 9.59 Å². The third-order valence-electron chi connectivity index (χ3n) is 3.54. The number of esters is 1. The van der Waals surface area contributed by atoms with Gasteiger partial charge in [0.15, 0.2) is 0 Å². The van der Waals surface area contributed by atoms with E-state index in [1.165, 1.54) is 0 Å². The summed E-state index contributed by atoms with van der Waals surface area (Å²) < 4.78 is 5.15. The molecule has 2 aromatic rings. The Morgan fingerprint density at radius 3 is 2.22 bits per heavy atom. The van der Waals surface area contributed by atoms with Gasteiger partial charge in [-0.1, -0.05) is 44.5 Å². The molecular weight excluding hydrogens is 368 g/mol. The van der Waals surface area contributed by atoms with Gasteiger partial charge in [-0.05, 0) is 36.4 Å². The molecule has 0 spiro atoms. The average Bonchev–Trinajstić information content (AvgIpc) is 2.60. The zero-order chi connectivity index (χ0) is 20.0. The number of hydrogen-bond acceptors (Lipinski definition) is 4. The van der Waals surface area contributed by atoms with Crippen LogP contribution < -0.4 is 15.4 Å². The number of carbonyl (C=O) groups excluding carboxylic acids is 3. The van der Waals surface area contributed by atoms with Gasteiger partial charge in [-0.2, -0.15) is 0 Å². The number of ether oxygens (including phenoxy) is 1. The van der Waals surface area contributed by atoms with E-state index in [4.69, 9.17) is 16.3 Å². The molecule has 0 radical (unpaired) electrons. The molecule has 2 amide bonds. The van der Waals surface area contributed by atoms with Gasteiger partial charge < -0.3 is 15.4 Å². The van der Waals surface area contributed by atoms with Crippen molar-refractivity contribution in [1.29, 1.82) is 0 Å². The van der Waals surface area contributed by atoms with E-state index in [-0.39, 0.29) is 18.4 Å². The Hall–Kier alpha value is -2.86. The first-order valence-corrected chi connectivity index (χ1v) is 8.69. The summed E-state index contributed by atoms with van der Waals surface area (Å²) in [5, 5.41) is 5.60. The highest BCUT2D eigenvalue weighted by Gasteiger charge is 2.21. The molecule has 7 heteroatoms. The molecule has 0 atom stereocenters. The van der Waals surface area contributed by atoms with Crippen molar-refractivity contribution >= 4 is 35.1 Å². The molecule has 142 valence electrons. The number of amides is 2. The standard InChI is InChI=1S/C20H21ClN2O4/c1-20(2,3)19(26)22-12-17(24)27-14-10-8-13(9-11-14)23-18(25)15-6-4-5-7-16(15)21/h4-11H,12H2,1-3H3,(H,22,26)(H,23,25). The third-order valence-corrected chi connectivity index (χ3v) is 3.87. The van der Waals surface area contributed by atoms with E-state index in [1.807, 2.05) is 0 Å². The van der Waals surface area contributed by atoms with Crippen LogP contribution in [0.2, 0.25) is 5.02 Å². The maximum absolute atomic E-state index is 12.2. The lowest BCUT2D eigenvalue weighted by atomic mass is 9.96.